The molecule has 1 aromatic rings. The highest BCUT2D eigenvalue weighted by molar-refractivity contribution is 5.47. The van der Waals surface area contributed by atoms with Crippen LogP contribution < -0.4 is 10.6 Å². The van der Waals surface area contributed by atoms with Crippen LogP contribution in [0.25, 0.3) is 0 Å². The number of likely N-dealkylation sites (N-methyl/N-ethyl adjacent to an activating group) is 1. The van der Waals surface area contributed by atoms with Crippen LogP contribution in [-0.2, 0) is 0 Å². The van der Waals surface area contributed by atoms with Gasteiger partial charge in [-0.3, -0.25) is 0 Å². The van der Waals surface area contributed by atoms with Crippen molar-refractivity contribution in [3.05, 3.63) is 30.1 Å². The first-order chi connectivity index (χ1) is 7.22. The van der Waals surface area contributed by atoms with Crippen LogP contribution in [0.4, 0.5) is 10.1 Å². The number of hydrogen-bond acceptors (Lipinski definition) is 2. The molecule has 1 rings (SSSR count). The molecule has 0 heterocycles. The Morgan fingerprint density at radius 2 is 2.13 bits per heavy atom. The van der Waals surface area contributed by atoms with Crippen molar-refractivity contribution in [1.29, 1.82) is 0 Å². The van der Waals surface area contributed by atoms with Gasteiger partial charge in [-0.2, -0.15) is 0 Å². The second-order valence-corrected chi connectivity index (χ2v) is 3.56. The molecule has 0 aromatic heterocycles. The molecule has 84 valence electrons. The Balaban J connectivity index is 2.90. The van der Waals surface area contributed by atoms with Crippen LogP contribution in [0.2, 0.25) is 0 Å². The van der Waals surface area contributed by atoms with Crippen molar-refractivity contribution in [2.45, 2.75) is 26.3 Å². The summed E-state index contributed by atoms with van der Waals surface area (Å²) in [5, 5.41) is 0. The number of nitrogens with two attached hydrogens (primary N) is 1. The number of hydrogen-bond donors (Lipinski definition) is 1. The van der Waals surface area contributed by atoms with Crippen molar-refractivity contribution < 1.29 is 4.39 Å². The van der Waals surface area contributed by atoms with Gasteiger partial charge >= 0.3 is 0 Å². The molecule has 0 aliphatic rings. The highest BCUT2D eigenvalue weighted by atomic mass is 19.1. The minimum absolute atomic E-state index is 0.196. The van der Waals surface area contributed by atoms with Crippen molar-refractivity contribution in [1.82, 2.24) is 0 Å². The Morgan fingerprint density at radius 3 is 2.60 bits per heavy atom. The molecule has 1 aromatic carbocycles. The fraction of sp³-hybridized carbons (Fsp3) is 0.500. The molecule has 0 saturated carbocycles. The van der Waals surface area contributed by atoms with E-state index in [0.29, 0.717) is 6.54 Å². The summed E-state index contributed by atoms with van der Waals surface area (Å²) in [5.41, 5.74) is 6.61. The Hall–Kier alpha value is -1.09. The largest absolute Gasteiger partial charge is 0.367 e. The van der Waals surface area contributed by atoms with Crippen LogP contribution in [0.1, 0.15) is 20.3 Å². The molecule has 0 fully saturated rings. The van der Waals surface area contributed by atoms with Gasteiger partial charge in [-0.15, -0.1) is 0 Å². The molecule has 1 atom stereocenters. The molecule has 1 unspecified atom stereocenters. The predicted octanol–water partition coefficient (Wildman–Crippen LogP) is 2.39. The van der Waals surface area contributed by atoms with Gasteiger partial charge in [0, 0.05) is 24.8 Å². The summed E-state index contributed by atoms with van der Waals surface area (Å²) in [5.74, 6) is -0.196. The lowest BCUT2D eigenvalue weighted by Gasteiger charge is -2.31. The quantitative estimate of drug-likeness (QED) is 0.808. The van der Waals surface area contributed by atoms with Crippen LogP contribution in [0, 0.1) is 5.82 Å². The van der Waals surface area contributed by atoms with Crippen molar-refractivity contribution in [3.8, 4) is 0 Å². The summed E-state index contributed by atoms with van der Waals surface area (Å²) in [6, 6.07) is 6.96. The standard InChI is InChI=1S/C12H19FN2/c1-3-11(9-14)15(4-2)12-7-5-6-10(13)8-12/h5-8,11H,3-4,9,14H2,1-2H3. The third-order valence-electron chi connectivity index (χ3n) is 2.66. The summed E-state index contributed by atoms with van der Waals surface area (Å²) < 4.78 is 13.1. The molecule has 0 spiro atoms. The third-order valence-corrected chi connectivity index (χ3v) is 2.66. The van der Waals surface area contributed by atoms with E-state index in [1.807, 2.05) is 6.07 Å². The molecule has 0 aliphatic carbocycles. The first-order valence-corrected chi connectivity index (χ1v) is 5.45. The summed E-state index contributed by atoms with van der Waals surface area (Å²) >= 11 is 0. The molecule has 0 amide bonds. The van der Waals surface area contributed by atoms with Gasteiger partial charge in [0.1, 0.15) is 5.82 Å². The van der Waals surface area contributed by atoms with Gasteiger partial charge < -0.3 is 10.6 Å². The van der Waals surface area contributed by atoms with Gasteiger partial charge in [0.2, 0.25) is 0 Å². The predicted molar refractivity (Wildman–Crippen MR) is 62.6 cm³/mol. The number of nitrogens with zero attached hydrogens (tertiary/aromatic N) is 1. The minimum atomic E-state index is -0.196. The molecule has 2 N–H and O–H groups in total. The zero-order valence-electron chi connectivity index (χ0n) is 9.41. The molecule has 0 aliphatic heterocycles. The minimum Gasteiger partial charge on any atom is -0.367 e. The van der Waals surface area contributed by atoms with Gasteiger partial charge in [-0.25, -0.2) is 4.39 Å². The average Bonchev–Trinajstić information content (AvgIpc) is 2.25. The van der Waals surface area contributed by atoms with Crippen molar-refractivity contribution >= 4 is 5.69 Å². The van der Waals surface area contributed by atoms with E-state index < -0.39 is 0 Å². The van der Waals surface area contributed by atoms with E-state index in [2.05, 4.69) is 18.7 Å². The molecule has 2 nitrogen and oxygen atoms in total. The van der Waals surface area contributed by atoms with E-state index in [-0.39, 0.29) is 11.9 Å². The first kappa shape index (κ1) is 12.0. The molecular weight excluding hydrogens is 191 g/mol. The summed E-state index contributed by atoms with van der Waals surface area (Å²) in [4.78, 5) is 2.14. The molecular formula is C12H19FN2. The fourth-order valence-corrected chi connectivity index (χ4v) is 1.82. The molecule has 0 bridgehead atoms. The Bertz CT molecular complexity index is 297. The maximum atomic E-state index is 13.1. The zero-order valence-corrected chi connectivity index (χ0v) is 9.41. The summed E-state index contributed by atoms with van der Waals surface area (Å²) in [7, 11) is 0. The number of anilines is 1. The average molecular weight is 210 g/mol. The molecule has 3 heteroatoms. The summed E-state index contributed by atoms with van der Waals surface area (Å²) in [6.07, 6.45) is 0.973. The normalized spacial score (nSPS) is 12.5. The first-order valence-electron chi connectivity index (χ1n) is 5.45. The second kappa shape index (κ2) is 5.71. The van der Waals surface area contributed by atoms with E-state index >= 15 is 0 Å². The molecule has 15 heavy (non-hydrogen) atoms. The third kappa shape index (κ3) is 2.93. The second-order valence-electron chi connectivity index (χ2n) is 3.56. The Morgan fingerprint density at radius 1 is 1.40 bits per heavy atom. The maximum absolute atomic E-state index is 13.1. The van der Waals surface area contributed by atoms with Crippen molar-refractivity contribution in [2.24, 2.45) is 5.73 Å². The highest BCUT2D eigenvalue weighted by Gasteiger charge is 2.14. The van der Waals surface area contributed by atoms with Gasteiger partial charge in [0.25, 0.3) is 0 Å². The monoisotopic (exact) mass is 210 g/mol. The number of rotatable bonds is 5. The smallest absolute Gasteiger partial charge is 0.125 e. The fourth-order valence-electron chi connectivity index (χ4n) is 1.82. The van der Waals surface area contributed by atoms with E-state index in [9.17, 15) is 4.39 Å². The zero-order chi connectivity index (χ0) is 11.3. The van der Waals surface area contributed by atoms with E-state index in [1.54, 1.807) is 12.1 Å². The number of halogens is 1. The lowest BCUT2D eigenvalue weighted by Crippen LogP contribution is -2.40. The van der Waals surface area contributed by atoms with Gasteiger partial charge in [-0.05, 0) is 31.5 Å². The van der Waals surface area contributed by atoms with Crippen LogP contribution in [-0.4, -0.2) is 19.1 Å². The lowest BCUT2D eigenvalue weighted by molar-refractivity contribution is 0.585. The van der Waals surface area contributed by atoms with Crippen LogP contribution >= 0.6 is 0 Å². The number of benzene rings is 1. The van der Waals surface area contributed by atoms with Crippen molar-refractivity contribution in [2.75, 3.05) is 18.0 Å². The molecule has 0 radical (unpaired) electrons. The van der Waals surface area contributed by atoms with Crippen LogP contribution in [0.15, 0.2) is 24.3 Å². The highest BCUT2D eigenvalue weighted by Crippen LogP contribution is 2.18. The van der Waals surface area contributed by atoms with Crippen molar-refractivity contribution in [3.63, 3.8) is 0 Å². The summed E-state index contributed by atoms with van der Waals surface area (Å²) in [6.45, 7) is 5.60. The Labute approximate surface area is 90.9 Å². The van der Waals surface area contributed by atoms with E-state index in [0.717, 1.165) is 18.7 Å². The van der Waals surface area contributed by atoms with Gasteiger partial charge in [-0.1, -0.05) is 13.0 Å². The lowest BCUT2D eigenvalue weighted by atomic mass is 10.1. The van der Waals surface area contributed by atoms with Crippen LogP contribution in [0.3, 0.4) is 0 Å². The van der Waals surface area contributed by atoms with E-state index in [1.165, 1.54) is 6.07 Å². The van der Waals surface area contributed by atoms with Crippen LogP contribution in [0.5, 0.6) is 0 Å². The maximum Gasteiger partial charge on any atom is 0.125 e. The topological polar surface area (TPSA) is 29.3 Å². The Kier molecular flexibility index (Phi) is 4.56. The van der Waals surface area contributed by atoms with E-state index in [4.69, 9.17) is 5.73 Å². The SMILES string of the molecule is CCC(CN)N(CC)c1cccc(F)c1. The van der Waals surface area contributed by atoms with Gasteiger partial charge in [0.15, 0.2) is 0 Å². The van der Waals surface area contributed by atoms with Gasteiger partial charge in [0.05, 0.1) is 0 Å². The molecule has 0 saturated heterocycles.